The minimum atomic E-state index is -0.243. The standard InChI is InChI=1S/C28H29N5O2S/c1-18-8-9-19(2)23(14-18)31-28(34-3)33-12-10-20(11-13-33)27-30-25(17-36-27)24-15-26(35-32-24)22-7-5-4-6-21(22)16-29/h4-9,14,17,20,26H,10-13,15H2,1-3H3/b31-28-. The first kappa shape index (κ1) is 24.0. The van der Waals surface area contributed by atoms with Gasteiger partial charge in [-0.1, -0.05) is 35.5 Å². The molecule has 1 aromatic heterocycles. The van der Waals surface area contributed by atoms with Crippen LogP contribution in [-0.2, 0) is 9.57 Å². The quantitative estimate of drug-likeness (QED) is 0.324. The fourth-order valence-corrected chi connectivity index (χ4v) is 5.69. The number of benzene rings is 2. The van der Waals surface area contributed by atoms with Crippen molar-refractivity contribution in [3.8, 4) is 6.07 Å². The van der Waals surface area contributed by atoms with E-state index in [1.54, 1.807) is 18.4 Å². The van der Waals surface area contributed by atoms with Crippen molar-refractivity contribution in [2.75, 3.05) is 20.2 Å². The van der Waals surface area contributed by atoms with E-state index in [4.69, 9.17) is 19.6 Å². The van der Waals surface area contributed by atoms with E-state index in [1.807, 2.05) is 24.3 Å². The number of rotatable bonds is 4. The van der Waals surface area contributed by atoms with Gasteiger partial charge in [0.15, 0.2) is 6.10 Å². The van der Waals surface area contributed by atoms with Gasteiger partial charge in [-0.3, -0.25) is 0 Å². The van der Waals surface area contributed by atoms with Crippen molar-refractivity contribution in [3.05, 3.63) is 80.8 Å². The van der Waals surface area contributed by atoms with Gasteiger partial charge in [-0.15, -0.1) is 11.3 Å². The van der Waals surface area contributed by atoms with Crippen LogP contribution in [0.4, 0.5) is 5.69 Å². The first-order valence-corrected chi connectivity index (χ1v) is 13.1. The maximum atomic E-state index is 9.40. The van der Waals surface area contributed by atoms with Gasteiger partial charge in [0.25, 0.3) is 6.02 Å². The molecule has 0 bridgehead atoms. The third-order valence-corrected chi connectivity index (χ3v) is 7.80. The first-order chi connectivity index (χ1) is 17.6. The van der Waals surface area contributed by atoms with Crippen molar-refractivity contribution in [2.45, 2.75) is 45.1 Å². The van der Waals surface area contributed by atoms with E-state index in [0.29, 0.717) is 23.9 Å². The fourth-order valence-electron chi connectivity index (χ4n) is 4.69. The highest BCUT2D eigenvalue weighted by molar-refractivity contribution is 7.10. The molecule has 8 heteroatoms. The van der Waals surface area contributed by atoms with Crippen LogP contribution in [-0.4, -0.2) is 41.8 Å². The summed E-state index contributed by atoms with van der Waals surface area (Å²) in [5.41, 5.74) is 6.50. The zero-order valence-electron chi connectivity index (χ0n) is 20.8. The Labute approximate surface area is 215 Å². The molecule has 0 aliphatic carbocycles. The molecule has 5 rings (SSSR count). The van der Waals surface area contributed by atoms with E-state index < -0.39 is 0 Å². The van der Waals surface area contributed by atoms with Gasteiger partial charge in [-0.25, -0.2) is 4.98 Å². The molecule has 3 heterocycles. The van der Waals surface area contributed by atoms with E-state index in [1.165, 1.54) is 5.56 Å². The number of thiazole rings is 1. The number of ether oxygens (including phenoxy) is 1. The number of piperidine rings is 1. The Bertz CT molecular complexity index is 1350. The Kier molecular flexibility index (Phi) is 7.01. The topological polar surface area (TPSA) is 83.1 Å². The molecule has 0 saturated carbocycles. The van der Waals surface area contributed by atoms with Crippen LogP contribution < -0.4 is 0 Å². The molecule has 2 aliphatic rings. The average molecular weight is 500 g/mol. The number of hydrogen-bond acceptors (Lipinski definition) is 7. The summed E-state index contributed by atoms with van der Waals surface area (Å²) in [4.78, 5) is 17.7. The maximum Gasteiger partial charge on any atom is 0.292 e. The molecule has 0 amide bonds. The Morgan fingerprint density at radius 2 is 2.00 bits per heavy atom. The normalized spacial score (nSPS) is 18.5. The minimum absolute atomic E-state index is 0.243. The molecule has 1 fully saturated rings. The van der Waals surface area contributed by atoms with Crippen molar-refractivity contribution in [2.24, 2.45) is 10.1 Å². The van der Waals surface area contributed by atoms with E-state index >= 15 is 0 Å². The molecule has 0 spiro atoms. The summed E-state index contributed by atoms with van der Waals surface area (Å²) in [7, 11) is 1.69. The number of oxime groups is 1. The molecule has 0 N–H and O–H groups in total. The summed E-state index contributed by atoms with van der Waals surface area (Å²) in [5.74, 6) is 0.400. The molecule has 184 valence electrons. The van der Waals surface area contributed by atoms with Gasteiger partial charge in [0.2, 0.25) is 0 Å². The van der Waals surface area contributed by atoms with Gasteiger partial charge in [-0.2, -0.15) is 10.3 Å². The van der Waals surface area contributed by atoms with Crippen molar-refractivity contribution < 1.29 is 9.57 Å². The maximum absolute atomic E-state index is 9.40. The summed E-state index contributed by atoms with van der Waals surface area (Å²) in [6.45, 7) is 5.89. The Hall–Kier alpha value is -3.70. The second kappa shape index (κ2) is 10.5. The van der Waals surface area contributed by atoms with Crippen LogP contribution in [0.3, 0.4) is 0 Å². The largest absolute Gasteiger partial charge is 0.468 e. The minimum Gasteiger partial charge on any atom is -0.468 e. The molecule has 3 aromatic rings. The molecule has 1 unspecified atom stereocenters. The number of nitrogens with zero attached hydrogens (tertiary/aromatic N) is 5. The van der Waals surface area contributed by atoms with Gasteiger partial charge in [0, 0.05) is 36.4 Å². The van der Waals surface area contributed by atoms with Gasteiger partial charge >= 0.3 is 0 Å². The highest BCUT2D eigenvalue weighted by Crippen LogP contribution is 2.35. The molecule has 7 nitrogen and oxygen atoms in total. The molecule has 1 atom stereocenters. The summed E-state index contributed by atoms with van der Waals surface area (Å²) in [6.07, 6.45) is 2.35. The second-order valence-corrected chi connectivity index (χ2v) is 10.1. The predicted molar refractivity (Wildman–Crippen MR) is 142 cm³/mol. The average Bonchev–Trinajstić information content (AvgIpc) is 3.60. The van der Waals surface area contributed by atoms with E-state index in [9.17, 15) is 5.26 Å². The fraction of sp³-hybridized carbons (Fsp3) is 0.357. The number of nitriles is 1. The zero-order chi connectivity index (χ0) is 25.1. The number of hydrogen-bond donors (Lipinski definition) is 0. The molecule has 2 aliphatic heterocycles. The van der Waals surface area contributed by atoms with Crippen LogP contribution in [0.25, 0.3) is 0 Å². The first-order valence-electron chi connectivity index (χ1n) is 12.2. The Morgan fingerprint density at radius 3 is 2.78 bits per heavy atom. The van der Waals surface area contributed by atoms with Gasteiger partial charge in [-0.05, 0) is 49.9 Å². The number of amidine groups is 1. The third kappa shape index (κ3) is 4.98. The van der Waals surface area contributed by atoms with Crippen LogP contribution in [0.5, 0.6) is 0 Å². The summed E-state index contributed by atoms with van der Waals surface area (Å²) in [6, 6.07) is 16.7. The highest BCUT2D eigenvalue weighted by atomic mass is 32.1. The second-order valence-electron chi connectivity index (χ2n) is 9.26. The molecule has 2 aromatic carbocycles. The molecule has 36 heavy (non-hydrogen) atoms. The molecule has 0 radical (unpaired) electrons. The summed E-state index contributed by atoms with van der Waals surface area (Å²) < 4.78 is 5.68. The number of likely N-dealkylation sites (tertiary alicyclic amines) is 1. The number of aromatic nitrogens is 1. The van der Waals surface area contributed by atoms with Gasteiger partial charge < -0.3 is 14.5 Å². The lowest BCUT2D eigenvalue weighted by Gasteiger charge is -2.32. The lowest BCUT2D eigenvalue weighted by atomic mass is 9.97. The lowest BCUT2D eigenvalue weighted by molar-refractivity contribution is 0.0855. The van der Waals surface area contributed by atoms with Crippen LogP contribution in [0.15, 0.2) is 58.0 Å². The van der Waals surface area contributed by atoms with Crippen LogP contribution in [0.2, 0.25) is 0 Å². The van der Waals surface area contributed by atoms with Crippen molar-refractivity contribution in [3.63, 3.8) is 0 Å². The van der Waals surface area contributed by atoms with Crippen LogP contribution in [0.1, 0.15) is 64.2 Å². The SMILES string of the molecule is CO/C(=N\c1cc(C)ccc1C)N1CCC(c2nc(C3=NOC(c4ccccc4C#N)C3)cs2)CC1. The predicted octanol–water partition coefficient (Wildman–Crippen LogP) is 6.01. The van der Waals surface area contributed by atoms with Crippen LogP contribution in [0, 0.1) is 25.2 Å². The molecular weight excluding hydrogens is 470 g/mol. The third-order valence-electron chi connectivity index (χ3n) is 6.79. The van der Waals surface area contributed by atoms with Gasteiger partial charge in [0.05, 0.1) is 35.1 Å². The Balaban J connectivity index is 1.22. The van der Waals surface area contributed by atoms with Crippen molar-refractivity contribution >= 4 is 28.8 Å². The molecule has 1 saturated heterocycles. The van der Waals surface area contributed by atoms with E-state index in [2.05, 4.69) is 53.6 Å². The van der Waals surface area contributed by atoms with E-state index in [0.717, 1.165) is 59.2 Å². The molecular formula is C28H29N5O2S. The van der Waals surface area contributed by atoms with Crippen molar-refractivity contribution in [1.82, 2.24) is 9.88 Å². The van der Waals surface area contributed by atoms with Crippen molar-refractivity contribution in [1.29, 1.82) is 5.26 Å². The number of aliphatic imine (C=N–C) groups is 1. The monoisotopic (exact) mass is 499 g/mol. The summed E-state index contributed by atoms with van der Waals surface area (Å²) >= 11 is 1.69. The Morgan fingerprint density at radius 1 is 1.19 bits per heavy atom. The zero-order valence-corrected chi connectivity index (χ0v) is 21.6. The van der Waals surface area contributed by atoms with Gasteiger partial charge in [0.1, 0.15) is 5.71 Å². The highest BCUT2D eigenvalue weighted by Gasteiger charge is 2.29. The lowest BCUT2D eigenvalue weighted by Crippen LogP contribution is -2.38. The number of aryl methyl sites for hydroxylation is 2. The van der Waals surface area contributed by atoms with Crippen LogP contribution >= 0.6 is 11.3 Å². The summed E-state index contributed by atoms with van der Waals surface area (Å²) in [5, 5.41) is 16.9. The number of methoxy groups -OCH3 is 1. The smallest absolute Gasteiger partial charge is 0.292 e. The van der Waals surface area contributed by atoms with E-state index in [-0.39, 0.29) is 6.10 Å².